The molecule has 0 aliphatic heterocycles. The Morgan fingerprint density at radius 1 is 0.966 bits per heavy atom. The van der Waals surface area contributed by atoms with E-state index in [9.17, 15) is 9.59 Å². The Morgan fingerprint density at radius 2 is 1.66 bits per heavy atom. The fraction of sp³-hybridized carbons (Fsp3) is 0.286. The lowest BCUT2D eigenvalue weighted by molar-refractivity contribution is -0.139. The fourth-order valence-corrected chi connectivity index (χ4v) is 2.37. The van der Waals surface area contributed by atoms with Gasteiger partial charge in [-0.05, 0) is 55.3 Å². The molecule has 0 fully saturated rings. The van der Waals surface area contributed by atoms with Crippen molar-refractivity contribution in [3.63, 3.8) is 0 Å². The number of methoxy groups -OCH3 is 1. The summed E-state index contributed by atoms with van der Waals surface area (Å²) in [6.45, 7) is 5.00. The number of carbonyl (C=O) groups excluding carboxylic acids is 2. The van der Waals surface area contributed by atoms with Crippen molar-refractivity contribution in [2.24, 2.45) is 5.10 Å². The molecule has 0 saturated carbocycles. The zero-order chi connectivity index (χ0) is 21.1. The molecular weight excluding hydrogens is 374 g/mol. The average Bonchev–Trinajstić information content (AvgIpc) is 2.74. The van der Waals surface area contributed by atoms with Gasteiger partial charge in [0.15, 0.2) is 11.5 Å². The monoisotopic (exact) mass is 399 g/mol. The van der Waals surface area contributed by atoms with Crippen LogP contribution in [-0.4, -0.2) is 38.4 Å². The number of hydrogen-bond donors (Lipinski definition) is 2. The van der Waals surface area contributed by atoms with Gasteiger partial charge >= 0.3 is 11.8 Å². The van der Waals surface area contributed by atoms with Crippen molar-refractivity contribution in [3.05, 3.63) is 53.6 Å². The Morgan fingerprint density at radius 3 is 2.31 bits per heavy atom. The Hall–Kier alpha value is -3.55. The first-order valence-electron chi connectivity index (χ1n) is 9.21. The van der Waals surface area contributed by atoms with Crippen LogP contribution in [0.5, 0.6) is 17.2 Å². The molecule has 0 saturated heterocycles. The normalized spacial score (nSPS) is 10.4. The maximum atomic E-state index is 11.9. The Labute approximate surface area is 169 Å². The van der Waals surface area contributed by atoms with Crippen LogP contribution in [0.15, 0.2) is 47.6 Å². The summed E-state index contributed by atoms with van der Waals surface area (Å²) in [6, 6.07) is 12.4. The molecule has 0 atom stereocenters. The molecule has 8 nitrogen and oxygen atoms in total. The predicted molar refractivity (Wildman–Crippen MR) is 109 cm³/mol. The minimum Gasteiger partial charge on any atom is -0.497 e. The maximum Gasteiger partial charge on any atom is 0.329 e. The van der Waals surface area contributed by atoms with Gasteiger partial charge in [-0.25, -0.2) is 5.43 Å². The number of amides is 2. The predicted octanol–water partition coefficient (Wildman–Crippen LogP) is 2.26. The number of nitrogens with zero attached hydrogens (tertiary/aromatic N) is 1. The van der Waals surface area contributed by atoms with Crippen molar-refractivity contribution in [1.82, 2.24) is 10.7 Å². The minimum atomic E-state index is -0.856. The molecule has 154 valence electrons. The Balaban J connectivity index is 1.87. The lowest BCUT2D eigenvalue weighted by atomic mass is 10.2. The molecule has 2 rings (SSSR count). The lowest BCUT2D eigenvalue weighted by Crippen LogP contribution is -2.37. The van der Waals surface area contributed by atoms with Crippen LogP contribution in [0.25, 0.3) is 0 Å². The number of rotatable bonds is 9. The second-order valence-corrected chi connectivity index (χ2v) is 5.80. The summed E-state index contributed by atoms with van der Waals surface area (Å²) in [5.74, 6) is 0.301. The zero-order valence-corrected chi connectivity index (χ0v) is 16.7. The molecule has 0 bridgehead atoms. The van der Waals surface area contributed by atoms with Gasteiger partial charge < -0.3 is 19.5 Å². The van der Waals surface area contributed by atoms with Gasteiger partial charge in [-0.1, -0.05) is 12.1 Å². The highest BCUT2D eigenvalue weighted by molar-refractivity contribution is 6.35. The van der Waals surface area contributed by atoms with Crippen LogP contribution in [0, 0.1) is 0 Å². The standard InChI is InChI=1S/C21H25N3O5/c1-4-28-18-11-8-16(12-19(18)29-5-2)14-23-24-21(26)20(25)22-13-15-6-9-17(27-3)10-7-15/h6-12,14H,4-5,13H2,1-3H3,(H,22,25)(H,24,26)/b23-14-. The van der Waals surface area contributed by atoms with E-state index >= 15 is 0 Å². The molecule has 0 radical (unpaired) electrons. The van der Waals surface area contributed by atoms with Gasteiger partial charge in [0.25, 0.3) is 0 Å². The van der Waals surface area contributed by atoms with Crippen LogP contribution < -0.4 is 25.0 Å². The van der Waals surface area contributed by atoms with Gasteiger partial charge in [0.05, 0.1) is 26.5 Å². The maximum absolute atomic E-state index is 11.9. The van der Waals surface area contributed by atoms with Gasteiger partial charge in [-0.3, -0.25) is 9.59 Å². The van der Waals surface area contributed by atoms with E-state index in [4.69, 9.17) is 14.2 Å². The highest BCUT2D eigenvalue weighted by atomic mass is 16.5. The molecule has 2 aromatic carbocycles. The number of ether oxygens (including phenoxy) is 3. The highest BCUT2D eigenvalue weighted by Crippen LogP contribution is 2.27. The largest absolute Gasteiger partial charge is 0.497 e. The molecule has 2 N–H and O–H groups in total. The van der Waals surface area contributed by atoms with E-state index < -0.39 is 11.8 Å². The van der Waals surface area contributed by atoms with Crippen molar-refractivity contribution >= 4 is 18.0 Å². The molecule has 2 aromatic rings. The summed E-state index contributed by atoms with van der Waals surface area (Å²) in [7, 11) is 1.58. The molecule has 8 heteroatoms. The molecule has 0 spiro atoms. The summed E-state index contributed by atoms with van der Waals surface area (Å²) in [4.78, 5) is 23.7. The molecular formula is C21H25N3O5. The van der Waals surface area contributed by atoms with Crippen LogP contribution in [0.4, 0.5) is 0 Å². The van der Waals surface area contributed by atoms with E-state index in [1.165, 1.54) is 6.21 Å². The van der Waals surface area contributed by atoms with Crippen molar-refractivity contribution in [2.75, 3.05) is 20.3 Å². The molecule has 0 aliphatic rings. The van der Waals surface area contributed by atoms with Gasteiger partial charge in [-0.2, -0.15) is 5.10 Å². The van der Waals surface area contributed by atoms with Gasteiger partial charge in [0.1, 0.15) is 5.75 Å². The van der Waals surface area contributed by atoms with Gasteiger partial charge in [-0.15, -0.1) is 0 Å². The first-order chi connectivity index (χ1) is 14.1. The first-order valence-corrected chi connectivity index (χ1v) is 9.21. The van der Waals surface area contributed by atoms with Crippen molar-refractivity contribution in [3.8, 4) is 17.2 Å². The minimum absolute atomic E-state index is 0.219. The molecule has 0 heterocycles. The fourth-order valence-electron chi connectivity index (χ4n) is 2.37. The number of hydrogen-bond acceptors (Lipinski definition) is 6. The lowest BCUT2D eigenvalue weighted by Gasteiger charge is -2.11. The summed E-state index contributed by atoms with van der Waals surface area (Å²) >= 11 is 0. The third kappa shape index (κ3) is 6.84. The third-order valence-corrected chi connectivity index (χ3v) is 3.77. The third-order valence-electron chi connectivity index (χ3n) is 3.77. The summed E-state index contributed by atoms with van der Waals surface area (Å²) in [5.41, 5.74) is 3.73. The van der Waals surface area contributed by atoms with Crippen LogP contribution >= 0.6 is 0 Å². The molecule has 0 aromatic heterocycles. The van der Waals surface area contributed by atoms with E-state index in [1.54, 1.807) is 49.6 Å². The SMILES string of the molecule is CCOc1ccc(/C=N\NC(=O)C(=O)NCc2ccc(OC)cc2)cc1OCC. The van der Waals surface area contributed by atoms with E-state index in [0.717, 1.165) is 5.56 Å². The molecule has 2 amide bonds. The molecule has 29 heavy (non-hydrogen) atoms. The van der Waals surface area contributed by atoms with Crippen molar-refractivity contribution in [1.29, 1.82) is 0 Å². The quantitative estimate of drug-likeness (QED) is 0.383. The van der Waals surface area contributed by atoms with Crippen LogP contribution in [0.1, 0.15) is 25.0 Å². The van der Waals surface area contributed by atoms with Crippen LogP contribution in [0.2, 0.25) is 0 Å². The zero-order valence-electron chi connectivity index (χ0n) is 16.7. The van der Waals surface area contributed by atoms with Crippen LogP contribution in [0.3, 0.4) is 0 Å². The van der Waals surface area contributed by atoms with Crippen LogP contribution in [-0.2, 0) is 16.1 Å². The topological polar surface area (TPSA) is 98.2 Å². The second kappa shape index (κ2) is 11.3. The first kappa shape index (κ1) is 21.7. The summed E-state index contributed by atoms with van der Waals surface area (Å²) < 4.78 is 16.1. The van der Waals surface area contributed by atoms with E-state index in [1.807, 2.05) is 13.8 Å². The number of benzene rings is 2. The van der Waals surface area contributed by atoms with Crippen molar-refractivity contribution < 1.29 is 23.8 Å². The summed E-state index contributed by atoms with van der Waals surface area (Å²) in [5, 5.41) is 6.35. The summed E-state index contributed by atoms with van der Waals surface area (Å²) in [6.07, 6.45) is 1.42. The number of nitrogens with one attached hydrogen (secondary N) is 2. The van der Waals surface area contributed by atoms with E-state index in [0.29, 0.717) is 36.0 Å². The van der Waals surface area contributed by atoms with E-state index in [-0.39, 0.29) is 6.54 Å². The van der Waals surface area contributed by atoms with Crippen molar-refractivity contribution in [2.45, 2.75) is 20.4 Å². The Bertz CT molecular complexity index is 850. The second-order valence-electron chi connectivity index (χ2n) is 5.80. The van der Waals surface area contributed by atoms with Gasteiger partial charge in [0, 0.05) is 6.54 Å². The smallest absolute Gasteiger partial charge is 0.329 e. The van der Waals surface area contributed by atoms with Gasteiger partial charge in [0.2, 0.25) is 0 Å². The number of carbonyl (C=O) groups is 2. The number of hydrazone groups is 1. The molecule has 0 aliphatic carbocycles. The molecule has 0 unspecified atom stereocenters. The Kier molecular flexibility index (Phi) is 8.50. The average molecular weight is 399 g/mol. The van der Waals surface area contributed by atoms with E-state index in [2.05, 4.69) is 15.8 Å². The highest BCUT2D eigenvalue weighted by Gasteiger charge is 2.12.